The molecule has 130 valence electrons. The molecule has 1 aromatic heterocycles. The average Bonchev–Trinajstić information content (AvgIpc) is 3.02. The van der Waals surface area contributed by atoms with Crippen molar-refractivity contribution in [2.75, 3.05) is 24.7 Å². The van der Waals surface area contributed by atoms with Gasteiger partial charge in [0.25, 0.3) is 0 Å². The van der Waals surface area contributed by atoms with Gasteiger partial charge in [-0.2, -0.15) is 0 Å². The zero-order valence-corrected chi connectivity index (χ0v) is 14.6. The van der Waals surface area contributed by atoms with Crippen LogP contribution in [0, 0.1) is 0 Å². The van der Waals surface area contributed by atoms with E-state index in [1.165, 1.54) is 26.2 Å². The molecule has 3 rings (SSSR count). The number of H-pyrrole nitrogens is 1. The summed E-state index contributed by atoms with van der Waals surface area (Å²) in [4.78, 5) is 15.3. The number of aromatic nitrogens is 1. The van der Waals surface area contributed by atoms with Crippen LogP contribution >= 0.6 is 0 Å². The third-order valence-electron chi connectivity index (χ3n) is 3.70. The molecule has 3 aromatic rings. The van der Waals surface area contributed by atoms with Crippen molar-refractivity contribution in [3.8, 4) is 0 Å². The minimum absolute atomic E-state index is 0.168. The minimum Gasteiger partial charge on any atom is -0.361 e. The van der Waals surface area contributed by atoms with Gasteiger partial charge in [0, 0.05) is 42.6 Å². The zero-order valence-electron chi connectivity index (χ0n) is 13.8. The molecule has 7 nitrogen and oxygen atoms in total. The number of hydrogen-bond acceptors (Lipinski definition) is 3. The van der Waals surface area contributed by atoms with Gasteiger partial charge in [-0.25, -0.2) is 17.5 Å². The second kappa shape index (κ2) is 6.58. The van der Waals surface area contributed by atoms with E-state index in [2.05, 4.69) is 15.6 Å². The number of nitrogens with zero attached hydrogens (tertiary/aromatic N) is 1. The van der Waals surface area contributed by atoms with Crippen LogP contribution in [0.25, 0.3) is 10.9 Å². The molecule has 0 aliphatic heterocycles. The van der Waals surface area contributed by atoms with E-state index in [1.807, 2.05) is 24.4 Å². The number of rotatable bonds is 4. The molecule has 1 heterocycles. The molecule has 0 bridgehead atoms. The normalized spacial score (nSPS) is 11.6. The molecule has 0 atom stereocenters. The van der Waals surface area contributed by atoms with Gasteiger partial charge in [-0.3, -0.25) is 0 Å². The molecule has 2 amide bonds. The Kier molecular flexibility index (Phi) is 4.47. The molecular weight excluding hydrogens is 340 g/mol. The van der Waals surface area contributed by atoms with Gasteiger partial charge >= 0.3 is 6.03 Å². The van der Waals surface area contributed by atoms with Crippen molar-refractivity contribution >= 4 is 38.3 Å². The van der Waals surface area contributed by atoms with E-state index in [1.54, 1.807) is 18.2 Å². The highest BCUT2D eigenvalue weighted by atomic mass is 32.2. The van der Waals surface area contributed by atoms with E-state index < -0.39 is 16.1 Å². The highest BCUT2D eigenvalue weighted by molar-refractivity contribution is 7.89. The van der Waals surface area contributed by atoms with E-state index in [0.717, 1.165) is 15.2 Å². The predicted molar refractivity (Wildman–Crippen MR) is 98.3 cm³/mol. The maximum absolute atomic E-state index is 12.1. The maximum atomic E-state index is 12.1. The molecule has 0 aliphatic carbocycles. The molecule has 0 unspecified atom stereocenters. The van der Waals surface area contributed by atoms with Crippen LogP contribution in [0.2, 0.25) is 0 Å². The lowest BCUT2D eigenvalue weighted by Crippen LogP contribution is -2.22. The van der Waals surface area contributed by atoms with Gasteiger partial charge in [-0.15, -0.1) is 0 Å². The number of carbonyl (C=O) groups excluding carboxylic acids is 1. The lowest BCUT2D eigenvalue weighted by Gasteiger charge is -2.12. The molecule has 2 aromatic carbocycles. The van der Waals surface area contributed by atoms with E-state index in [-0.39, 0.29) is 4.90 Å². The van der Waals surface area contributed by atoms with Crippen molar-refractivity contribution in [1.82, 2.24) is 9.29 Å². The molecule has 25 heavy (non-hydrogen) atoms. The third-order valence-corrected chi connectivity index (χ3v) is 5.53. The van der Waals surface area contributed by atoms with E-state index in [9.17, 15) is 13.2 Å². The fourth-order valence-corrected chi connectivity index (χ4v) is 3.25. The van der Waals surface area contributed by atoms with Crippen LogP contribution in [0.15, 0.2) is 59.6 Å². The van der Waals surface area contributed by atoms with Gasteiger partial charge in [0.05, 0.1) is 4.90 Å². The van der Waals surface area contributed by atoms with Crippen LogP contribution in [0.1, 0.15) is 0 Å². The average molecular weight is 358 g/mol. The van der Waals surface area contributed by atoms with Crippen LogP contribution in [-0.2, 0) is 10.0 Å². The van der Waals surface area contributed by atoms with E-state index in [4.69, 9.17) is 0 Å². The van der Waals surface area contributed by atoms with Crippen LogP contribution < -0.4 is 10.6 Å². The summed E-state index contributed by atoms with van der Waals surface area (Å²) < 4.78 is 25.2. The number of aromatic amines is 1. The fraction of sp³-hybridized carbons (Fsp3) is 0.118. The Labute approximate surface area is 145 Å². The Bertz CT molecular complexity index is 1010. The fourth-order valence-electron chi connectivity index (χ4n) is 2.35. The number of carbonyl (C=O) groups is 1. The van der Waals surface area contributed by atoms with Gasteiger partial charge in [0.2, 0.25) is 10.0 Å². The molecule has 0 saturated heterocycles. The van der Waals surface area contributed by atoms with Gasteiger partial charge < -0.3 is 15.6 Å². The van der Waals surface area contributed by atoms with Crippen molar-refractivity contribution in [2.45, 2.75) is 4.90 Å². The molecule has 0 spiro atoms. The number of fused-ring (bicyclic) bond motifs is 1. The number of anilines is 2. The minimum atomic E-state index is -3.48. The largest absolute Gasteiger partial charge is 0.361 e. The standard InChI is InChI=1S/C17H18N4O3S/c1-21(2)25(23,24)15-6-3-13(4-7-15)19-17(22)20-14-5-8-16-12(11-14)9-10-18-16/h3-11,18H,1-2H3,(H2,19,20,22). The molecule has 0 fully saturated rings. The Morgan fingerprint density at radius 2 is 1.60 bits per heavy atom. The number of sulfonamides is 1. The zero-order chi connectivity index (χ0) is 18.0. The Morgan fingerprint density at radius 1 is 0.960 bits per heavy atom. The Balaban J connectivity index is 1.68. The maximum Gasteiger partial charge on any atom is 0.323 e. The SMILES string of the molecule is CN(C)S(=O)(=O)c1ccc(NC(=O)Nc2ccc3[nH]ccc3c2)cc1. The van der Waals surface area contributed by atoms with Gasteiger partial charge in [-0.1, -0.05) is 0 Å². The molecule has 8 heteroatoms. The third kappa shape index (κ3) is 3.65. The predicted octanol–water partition coefficient (Wildman–Crippen LogP) is 3.06. The molecule has 0 aliphatic rings. The van der Waals surface area contributed by atoms with Crippen LogP contribution in [-0.4, -0.2) is 37.8 Å². The summed E-state index contributed by atoms with van der Waals surface area (Å²) in [6, 6.07) is 13.1. The summed E-state index contributed by atoms with van der Waals surface area (Å²) in [6.45, 7) is 0. The Morgan fingerprint density at radius 3 is 2.28 bits per heavy atom. The summed E-state index contributed by atoms with van der Waals surface area (Å²) in [5.41, 5.74) is 2.15. The summed E-state index contributed by atoms with van der Waals surface area (Å²) in [5.74, 6) is 0. The Hall–Kier alpha value is -2.84. The lowest BCUT2D eigenvalue weighted by atomic mass is 10.2. The lowest BCUT2D eigenvalue weighted by molar-refractivity contribution is 0.262. The molecule has 0 saturated carbocycles. The first-order chi connectivity index (χ1) is 11.9. The van der Waals surface area contributed by atoms with Crippen LogP contribution in [0.5, 0.6) is 0 Å². The van der Waals surface area contributed by atoms with Gasteiger partial charge in [0.15, 0.2) is 0 Å². The number of urea groups is 1. The quantitative estimate of drug-likeness (QED) is 0.669. The van der Waals surface area contributed by atoms with Crippen molar-refractivity contribution in [3.63, 3.8) is 0 Å². The molecule has 3 N–H and O–H groups in total. The van der Waals surface area contributed by atoms with Crippen molar-refractivity contribution in [3.05, 3.63) is 54.7 Å². The summed E-state index contributed by atoms with van der Waals surface area (Å²) in [7, 11) is -0.547. The molecule has 0 radical (unpaired) electrons. The summed E-state index contributed by atoms with van der Waals surface area (Å²) in [5, 5.41) is 6.42. The van der Waals surface area contributed by atoms with Crippen molar-refractivity contribution in [2.24, 2.45) is 0 Å². The first-order valence-corrected chi connectivity index (χ1v) is 8.98. The number of benzene rings is 2. The first kappa shape index (κ1) is 17.0. The van der Waals surface area contributed by atoms with Crippen molar-refractivity contribution in [1.29, 1.82) is 0 Å². The topological polar surface area (TPSA) is 94.3 Å². The first-order valence-electron chi connectivity index (χ1n) is 7.54. The molecular formula is C17H18N4O3S. The number of hydrogen-bond donors (Lipinski definition) is 3. The monoisotopic (exact) mass is 358 g/mol. The summed E-state index contributed by atoms with van der Waals surface area (Å²) >= 11 is 0. The highest BCUT2D eigenvalue weighted by Gasteiger charge is 2.16. The number of nitrogens with one attached hydrogen (secondary N) is 3. The highest BCUT2D eigenvalue weighted by Crippen LogP contribution is 2.19. The van der Waals surface area contributed by atoms with Gasteiger partial charge in [0.1, 0.15) is 0 Å². The van der Waals surface area contributed by atoms with E-state index >= 15 is 0 Å². The van der Waals surface area contributed by atoms with Gasteiger partial charge in [-0.05, 0) is 48.5 Å². The van der Waals surface area contributed by atoms with E-state index in [0.29, 0.717) is 11.4 Å². The second-order valence-corrected chi connectivity index (χ2v) is 7.82. The van der Waals surface area contributed by atoms with Crippen molar-refractivity contribution < 1.29 is 13.2 Å². The summed E-state index contributed by atoms with van der Waals surface area (Å²) in [6.07, 6.45) is 1.83. The van der Waals surface area contributed by atoms with Crippen LogP contribution in [0.3, 0.4) is 0 Å². The second-order valence-electron chi connectivity index (χ2n) is 5.67. The van der Waals surface area contributed by atoms with Crippen LogP contribution in [0.4, 0.5) is 16.2 Å². The smallest absolute Gasteiger partial charge is 0.323 e. The number of amides is 2.